The molecule has 0 bridgehead atoms. The zero-order chi connectivity index (χ0) is 12.1. The first-order chi connectivity index (χ1) is 7.69. The Balaban J connectivity index is -0.000000853. The van der Waals surface area contributed by atoms with Crippen LogP contribution >= 0.6 is 0 Å². The van der Waals surface area contributed by atoms with E-state index in [2.05, 4.69) is 6.92 Å². The molecule has 1 aliphatic rings. The topological polar surface area (TPSA) is 46.2 Å². The Hall–Kier alpha value is -0.200. The van der Waals surface area contributed by atoms with Crippen molar-refractivity contribution in [1.82, 2.24) is 0 Å². The molecule has 1 heterocycles. The predicted molar refractivity (Wildman–Crippen MR) is 78.5 cm³/mol. The van der Waals surface area contributed by atoms with Gasteiger partial charge in [0, 0.05) is 34.4 Å². The van der Waals surface area contributed by atoms with Gasteiger partial charge in [0.1, 0.15) is 6.10 Å². The molecule has 0 aromatic carbocycles. The standard InChI is InChI=1S/C11H22O5.3CH4/c1-7-8(6-12-2)16-11(15-5)10(14-4)9(7)13-3;;;/h7-11H,6H2,1-5H3;3*1H4. The third kappa shape index (κ3) is 5.36. The van der Waals surface area contributed by atoms with Crippen molar-refractivity contribution in [3.8, 4) is 0 Å². The van der Waals surface area contributed by atoms with Crippen molar-refractivity contribution in [2.75, 3.05) is 35.0 Å². The van der Waals surface area contributed by atoms with Gasteiger partial charge in [0.2, 0.25) is 0 Å². The first-order valence-corrected chi connectivity index (χ1v) is 5.42. The van der Waals surface area contributed by atoms with Crippen LogP contribution in [0.4, 0.5) is 0 Å². The Bertz CT molecular complexity index is 200. The summed E-state index contributed by atoms with van der Waals surface area (Å²) in [6, 6.07) is 0. The van der Waals surface area contributed by atoms with Crippen molar-refractivity contribution < 1.29 is 23.7 Å². The minimum absolute atomic E-state index is 0. The molecule has 1 fully saturated rings. The molecule has 5 nitrogen and oxygen atoms in total. The average Bonchev–Trinajstić information content (AvgIpc) is 2.31. The summed E-state index contributed by atoms with van der Waals surface area (Å²) in [5, 5.41) is 0. The molecular weight excluding hydrogens is 248 g/mol. The molecule has 1 saturated heterocycles. The highest BCUT2D eigenvalue weighted by Crippen LogP contribution is 2.29. The molecule has 5 heteroatoms. The van der Waals surface area contributed by atoms with E-state index in [0.29, 0.717) is 6.61 Å². The van der Waals surface area contributed by atoms with Gasteiger partial charge in [0.05, 0.1) is 18.8 Å². The summed E-state index contributed by atoms with van der Waals surface area (Å²) in [5.74, 6) is 0.196. The fraction of sp³-hybridized carbons (Fsp3) is 1.00. The maximum Gasteiger partial charge on any atom is 0.186 e. The number of ether oxygens (including phenoxy) is 5. The fourth-order valence-corrected chi connectivity index (χ4v) is 2.18. The number of hydrogen-bond acceptors (Lipinski definition) is 5. The molecule has 0 aliphatic carbocycles. The SMILES string of the molecule is C.C.C.COCC1OC(OC)C(OC)C(OC)C1C. The second-order valence-corrected chi connectivity index (χ2v) is 3.99. The molecule has 0 amide bonds. The first-order valence-electron chi connectivity index (χ1n) is 5.42. The van der Waals surface area contributed by atoms with Gasteiger partial charge in [0.25, 0.3) is 0 Å². The predicted octanol–water partition coefficient (Wildman–Crippen LogP) is 2.58. The molecule has 1 aliphatic heterocycles. The summed E-state index contributed by atoms with van der Waals surface area (Å²) in [6.07, 6.45) is -0.709. The van der Waals surface area contributed by atoms with Gasteiger partial charge in [-0.1, -0.05) is 29.2 Å². The number of methoxy groups -OCH3 is 4. The minimum atomic E-state index is -0.411. The second kappa shape index (κ2) is 11.6. The van der Waals surface area contributed by atoms with E-state index in [0.717, 1.165) is 0 Å². The number of rotatable bonds is 5. The van der Waals surface area contributed by atoms with Gasteiger partial charge >= 0.3 is 0 Å². The third-order valence-corrected chi connectivity index (χ3v) is 3.11. The summed E-state index contributed by atoms with van der Waals surface area (Å²) in [5.41, 5.74) is 0. The average molecular weight is 282 g/mol. The molecule has 120 valence electrons. The summed E-state index contributed by atoms with van der Waals surface area (Å²) in [6.45, 7) is 2.59. The van der Waals surface area contributed by atoms with Crippen LogP contribution in [0.25, 0.3) is 0 Å². The van der Waals surface area contributed by atoms with Gasteiger partial charge in [-0.15, -0.1) is 0 Å². The third-order valence-electron chi connectivity index (χ3n) is 3.11. The molecule has 5 unspecified atom stereocenters. The lowest BCUT2D eigenvalue weighted by molar-refractivity contribution is -0.290. The van der Waals surface area contributed by atoms with Gasteiger partial charge in [-0.05, 0) is 0 Å². The van der Waals surface area contributed by atoms with Crippen LogP contribution in [0.5, 0.6) is 0 Å². The molecule has 0 N–H and O–H groups in total. The van der Waals surface area contributed by atoms with Gasteiger partial charge < -0.3 is 23.7 Å². The van der Waals surface area contributed by atoms with Crippen LogP contribution in [-0.2, 0) is 23.7 Å². The Labute approximate surface area is 119 Å². The van der Waals surface area contributed by atoms with Gasteiger partial charge in [-0.25, -0.2) is 0 Å². The van der Waals surface area contributed by atoms with Crippen LogP contribution in [0.3, 0.4) is 0 Å². The van der Waals surface area contributed by atoms with Crippen LogP contribution in [-0.4, -0.2) is 59.6 Å². The smallest absolute Gasteiger partial charge is 0.186 e. The molecule has 0 aromatic heterocycles. The Morgan fingerprint density at radius 3 is 1.74 bits per heavy atom. The van der Waals surface area contributed by atoms with E-state index in [1.165, 1.54) is 0 Å². The molecule has 0 spiro atoms. The van der Waals surface area contributed by atoms with Crippen LogP contribution in [0, 0.1) is 5.92 Å². The van der Waals surface area contributed by atoms with E-state index in [1.54, 1.807) is 28.4 Å². The van der Waals surface area contributed by atoms with Gasteiger partial charge in [0.15, 0.2) is 6.29 Å². The summed E-state index contributed by atoms with van der Waals surface area (Å²) in [4.78, 5) is 0. The first kappa shape index (κ1) is 23.9. The lowest BCUT2D eigenvalue weighted by Crippen LogP contribution is -2.56. The fourth-order valence-electron chi connectivity index (χ4n) is 2.18. The van der Waals surface area contributed by atoms with Crippen LogP contribution < -0.4 is 0 Å². The van der Waals surface area contributed by atoms with E-state index < -0.39 is 6.29 Å². The second-order valence-electron chi connectivity index (χ2n) is 3.99. The lowest BCUT2D eigenvalue weighted by atomic mass is 9.90. The highest BCUT2D eigenvalue weighted by molar-refractivity contribution is 4.88. The minimum Gasteiger partial charge on any atom is -0.382 e. The van der Waals surface area contributed by atoms with E-state index in [-0.39, 0.29) is 46.5 Å². The monoisotopic (exact) mass is 282 g/mol. The highest BCUT2D eigenvalue weighted by Gasteiger charge is 2.44. The van der Waals surface area contributed by atoms with Crippen LogP contribution in [0.1, 0.15) is 29.2 Å². The van der Waals surface area contributed by atoms with E-state index >= 15 is 0 Å². The molecule has 0 saturated carbocycles. The maximum absolute atomic E-state index is 5.77. The van der Waals surface area contributed by atoms with Gasteiger partial charge in [-0.2, -0.15) is 0 Å². The van der Waals surface area contributed by atoms with E-state index in [4.69, 9.17) is 23.7 Å². The zero-order valence-electron chi connectivity index (χ0n) is 10.6. The lowest BCUT2D eigenvalue weighted by Gasteiger charge is -2.43. The molecule has 0 aromatic rings. The Morgan fingerprint density at radius 1 is 0.842 bits per heavy atom. The molecule has 19 heavy (non-hydrogen) atoms. The van der Waals surface area contributed by atoms with Crippen molar-refractivity contribution >= 4 is 0 Å². The van der Waals surface area contributed by atoms with Gasteiger partial charge in [-0.3, -0.25) is 0 Å². The van der Waals surface area contributed by atoms with Crippen molar-refractivity contribution in [2.24, 2.45) is 5.92 Å². The van der Waals surface area contributed by atoms with Crippen molar-refractivity contribution in [3.63, 3.8) is 0 Å². The van der Waals surface area contributed by atoms with E-state index in [9.17, 15) is 0 Å². The van der Waals surface area contributed by atoms with Crippen LogP contribution in [0.2, 0.25) is 0 Å². The summed E-state index contributed by atoms with van der Waals surface area (Å²) in [7, 11) is 6.57. The van der Waals surface area contributed by atoms with Crippen molar-refractivity contribution in [2.45, 2.75) is 53.8 Å². The maximum atomic E-state index is 5.77. The summed E-state index contributed by atoms with van der Waals surface area (Å²) >= 11 is 0. The highest BCUT2D eigenvalue weighted by atomic mass is 16.7. The molecular formula is C14H34O5. The number of hydrogen-bond donors (Lipinski definition) is 0. The van der Waals surface area contributed by atoms with Crippen molar-refractivity contribution in [3.05, 3.63) is 0 Å². The van der Waals surface area contributed by atoms with Crippen LogP contribution in [0.15, 0.2) is 0 Å². The quantitative estimate of drug-likeness (QED) is 0.775. The Morgan fingerprint density at radius 2 is 1.37 bits per heavy atom. The molecule has 1 rings (SSSR count). The molecule has 5 atom stereocenters. The summed E-state index contributed by atoms with van der Waals surface area (Å²) < 4.78 is 27.0. The van der Waals surface area contributed by atoms with Crippen molar-refractivity contribution in [1.29, 1.82) is 0 Å². The molecule has 0 radical (unpaired) electrons. The van der Waals surface area contributed by atoms with E-state index in [1.807, 2.05) is 0 Å². The Kier molecular flexibility index (Phi) is 14.6. The normalized spacial score (nSPS) is 33.6. The largest absolute Gasteiger partial charge is 0.382 e. The zero-order valence-corrected chi connectivity index (χ0v) is 10.6.